The molecule has 0 saturated heterocycles. The lowest BCUT2D eigenvalue weighted by Crippen LogP contribution is -2.05. The van der Waals surface area contributed by atoms with Gasteiger partial charge in [-0.1, -0.05) is 29.3 Å². The fraction of sp³-hybridized carbons (Fsp3) is 0.154. The van der Waals surface area contributed by atoms with E-state index in [0.29, 0.717) is 21.3 Å². The largest absolute Gasteiger partial charge is 0.382 e. The molecule has 2 nitrogen and oxygen atoms in total. The van der Waals surface area contributed by atoms with Crippen LogP contribution in [0.1, 0.15) is 22.9 Å². The minimum absolute atomic E-state index is 0.479. The Morgan fingerprint density at radius 2 is 2.00 bits per heavy atom. The summed E-state index contributed by atoms with van der Waals surface area (Å²) >= 11 is 11.9. The average molecular weight is 268 g/mol. The van der Waals surface area contributed by atoms with E-state index in [1.165, 1.54) is 0 Å². The van der Waals surface area contributed by atoms with Crippen LogP contribution in [-0.4, -0.2) is 10.1 Å². The Morgan fingerprint density at radius 3 is 2.71 bits per heavy atom. The van der Waals surface area contributed by atoms with Gasteiger partial charge in [0.1, 0.15) is 6.10 Å². The second-order valence-corrected chi connectivity index (χ2v) is 4.62. The summed E-state index contributed by atoms with van der Waals surface area (Å²) in [4.78, 5) is 4.17. The molecular weight excluding hydrogens is 257 g/mol. The number of aliphatic hydroxyl groups excluding tert-OH is 1. The summed E-state index contributed by atoms with van der Waals surface area (Å²) in [6, 6.07) is 8.73. The Hall–Kier alpha value is -1.09. The van der Waals surface area contributed by atoms with Crippen LogP contribution in [0.4, 0.5) is 0 Å². The van der Waals surface area contributed by atoms with E-state index in [2.05, 4.69) is 4.98 Å². The molecule has 0 spiro atoms. The first-order chi connectivity index (χ1) is 8.09. The summed E-state index contributed by atoms with van der Waals surface area (Å²) in [5.41, 5.74) is 2.08. The van der Waals surface area contributed by atoms with Crippen molar-refractivity contribution in [2.24, 2.45) is 0 Å². The average Bonchev–Trinajstić information content (AvgIpc) is 2.32. The lowest BCUT2D eigenvalue weighted by Gasteiger charge is -2.14. The van der Waals surface area contributed by atoms with Crippen molar-refractivity contribution in [2.45, 2.75) is 13.0 Å². The number of aliphatic hydroxyl groups is 1. The molecule has 0 saturated carbocycles. The van der Waals surface area contributed by atoms with Gasteiger partial charge in [-0.25, -0.2) is 0 Å². The van der Waals surface area contributed by atoms with Gasteiger partial charge in [-0.3, -0.25) is 4.98 Å². The molecule has 1 aromatic carbocycles. The molecule has 1 atom stereocenters. The second-order valence-electron chi connectivity index (χ2n) is 3.77. The maximum atomic E-state index is 10.3. The third-order valence-electron chi connectivity index (χ3n) is 2.56. The number of aryl methyl sites for hydroxylation is 1. The minimum Gasteiger partial charge on any atom is -0.382 e. The molecule has 1 N–H and O–H groups in total. The Labute approximate surface area is 110 Å². The molecule has 4 heteroatoms. The van der Waals surface area contributed by atoms with Crippen LogP contribution < -0.4 is 0 Å². The summed E-state index contributed by atoms with van der Waals surface area (Å²) in [5.74, 6) is 0. The molecule has 1 unspecified atom stereocenters. The van der Waals surface area contributed by atoms with Crippen molar-refractivity contribution < 1.29 is 5.11 Å². The molecule has 0 aliphatic carbocycles. The summed E-state index contributed by atoms with van der Waals surface area (Å²) < 4.78 is 0. The van der Waals surface area contributed by atoms with Gasteiger partial charge in [-0.15, -0.1) is 0 Å². The van der Waals surface area contributed by atoms with Gasteiger partial charge in [0.2, 0.25) is 0 Å². The van der Waals surface area contributed by atoms with Crippen molar-refractivity contribution in [1.29, 1.82) is 0 Å². The van der Waals surface area contributed by atoms with E-state index >= 15 is 0 Å². The molecule has 17 heavy (non-hydrogen) atoms. The molecule has 0 radical (unpaired) electrons. The predicted octanol–water partition coefficient (Wildman–Crippen LogP) is 3.78. The Balaban J connectivity index is 2.47. The highest BCUT2D eigenvalue weighted by molar-refractivity contribution is 6.33. The van der Waals surface area contributed by atoms with E-state index in [-0.39, 0.29) is 0 Å². The smallest absolute Gasteiger partial charge is 0.123 e. The van der Waals surface area contributed by atoms with Crippen LogP contribution in [0.2, 0.25) is 10.0 Å². The number of nitrogens with zero attached hydrogens (tertiary/aromatic N) is 1. The maximum Gasteiger partial charge on any atom is 0.123 e. The number of halogens is 2. The van der Waals surface area contributed by atoms with Gasteiger partial charge >= 0.3 is 0 Å². The normalized spacial score (nSPS) is 12.5. The molecule has 0 bridgehead atoms. The van der Waals surface area contributed by atoms with Gasteiger partial charge < -0.3 is 5.11 Å². The van der Waals surface area contributed by atoms with Crippen molar-refractivity contribution in [3.8, 4) is 0 Å². The van der Waals surface area contributed by atoms with E-state index < -0.39 is 6.10 Å². The zero-order valence-electron chi connectivity index (χ0n) is 9.19. The molecular formula is C13H11Cl2NO. The summed E-state index contributed by atoms with van der Waals surface area (Å²) in [6.45, 7) is 1.89. The highest BCUT2D eigenvalue weighted by atomic mass is 35.5. The van der Waals surface area contributed by atoms with Crippen LogP contribution in [0, 0.1) is 6.92 Å². The highest BCUT2D eigenvalue weighted by Gasteiger charge is 2.17. The number of benzene rings is 1. The zero-order valence-corrected chi connectivity index (χ0v) is 10.7. The molecule has 2 rings (SSSR count). The second kappa shape index (κ2) is 5.05. The molecule has 0 amide bonds. The first-order valence-electron chi connectivity index (χ1n) is 5.14. The minimum atomic E-state index is -0.859. The fourth-order valence-electron chi connectivity index (χ4n) is 1.66. The van der Waals surface area contributed by atoms with Gasteiger partial charge in [-0.2, -0.15) is 0 Å². The lowest BCUT2D eigenvalue weighted by molar-refractivity contribution is 0.214. The summed E-state index contributed by atoms with van der Waals surface area (Å²) in [5, 5.41) is 11.3. The van der Waals surface area contributed by atoms with E-state index in [0.717, 1.165) is 5.56 Å². The number of pyridine rings is 1. The van der Waals surface area contributed by atoms with Gasteiger partial charge in [-0.05, 0) is 36.8 Å². The monoisotopic (exact) mass is 267 g/mol. The van der Waals surface area contributed by atoms with Crippen molar-refractivity contribution in [2.75, 3.05) is 0 Å². The SMILES string of the molecule is Cc1cccnc1C(O)c1cc(Cl)ccc1Cl. The number of hydrogen-bond acceptors (Lipinski definition) is 2. The molecule has 1 heterocycles. The summed E-state index contributed by atoms with van der Waals surface area (Å²) in [7, 11) is 0. The van der Waals surface area contributed by atoms with Crippen LogP contribution in [0.3, 0.4) is 0 Å². The zero-order chi connectivity index (χ0) is 12.4. The number of aromatic nitrogens is 1. The topological polar surface area (TPSA) is 33.1 Å². The van der Waals surface area contributed by atoms with Crippen molar-refractivity contribution in [1.82, 2.24) is 4.98 Å². The van der Waals surface area contributed by atoms with Crippen LogP contribution >= 0.6 is 23.2 Å². The Morgan fingerprint density at radius 1 is 1.24 bits per heavy atom. The van der Waals surface area contributed by atoms with E-state index in [9.17, 15) is 5.11 Å². The van der Waals surface area contributed by atoms with Crippen LogP contribution in [0.15, 0.2) is 36.5 Å². The quantitative estimate of drug-likeness (QED) is 0.899. The lowest BCUT2D eigenvalue weighted by atomic mass is 10.0. The van der Waals surface area contributed by atoms with Crippen molar-refractivity contribution >= 4 is 23.2 Å². The molecule has 88 valence electrons. The molecule has 2 aromatic rings. The van der Waals surface area contributed by atoms with Crippen molar-refractivity contribution in [3.63, 3.8) is 0 Å². The Bertz CT molecular complexity index is 543. The van der Waals surface area contributed by atoms with Gasteiger partial charge in [0.05, 0.1) is 5.69 Å². The van der Waals surface area contributed by atoms with E-state index in [1.54, 1.807) is 24.4 Å². The van der Waals surface area contributed by atoms with E-state index in [4.69, 9.17) is 23.2 Å². The van der Waals surface area contributed by atoms with Gasteiger partial charge in [0.15, 0.2) is 0 Å². The van der Waals surface area contributed by atoms with E-state index in [1.807, 2.05) is 19.1 Å². The highest BCUT2D eigenvalue weighted by Crippen LogP contribution is 2.30. The standard InChI is InChI=1S/C13H11Cl2NO/c1-8-3-2-6-16-12(8)13(17)10-7-9(14)4-5-11(10)15/h2-7,13,17H,1H3. The Kier molecular flexibility index (Phi) is 3.67. The van der Waals surface area contributed by atoms with Crippen LogP contribution in [0.25, 0.3) is 0 Å². The van der Waals surface area contributed by atoms with Crippen molar-refractivity contribution in [3.05, 3.63) is 63.4 Å². The van der Waals surface area contributed by atoms with Crippen LogP contribution in [0.5, 0.6) is 0 Å². The first-order valence-corrected chi connectivity index (χ1v) is 5.89. The number of hydrogen-bond donors (Lipinski definition) is 1. The molecule has 1 aromatic heterocycles. The molecule has 0 aliphatic heterocycles. The first kappa shape index (κ1) is 12.4. The third-order valence-corrected chi connectivity index (χ3v) is 3.14. The fourth-order valence-corrected chi connectivity index (χ4v) is 2.06. The predicted molar refractivity (Wildman–Crippen MR) is 69.5 cm³/mol. The maximum absolute atomic E-state index is 10.3. The number of rotatable bonds is 2. The molecule has 0 aliphatic rings. The van der Waals surface area contributed by atoms with Crippen LogP contribution in [-0.2, 0) is 0 Å². The van der Waals surface area contributed by atoms with Gasteiger partial charge in [0.25, 0.3) is 0 Å². The summed E-state index contributed by atoms with van der Waals surface area (Å²) in [6.07, 6.45) is 0.784. The third kappa shape index (κ3) is 2.60. The molecule has 0 fully saturated rings. The van der Waals surface area contributed by atoms with Gasteiger partial charge in [0, 0.05) is 21.8 Å².